The van der Waals surface area contributed by atoms with Crippen LogP contribution in [-0.4, -0.2) is 17.5 Å². The second-order valence-corrected chi connectivity index (χ2v) is 5.31. The molecule has 0 aliphatic carbocycles. The zero-order valence-corrected chi connectivity index (χ0v) is 12.0. The summed E-state index contributed by atoms with van der Waals surface area (Å²) in [6, 6.07) is 5.88. The normalized spacial score (nSPS) is 10.3. The van der Waals surface area contributed by atoms with E-state index in [9.17, 15) is 4.79 Å². The third-order valence-electron chi connectivity index (χ3n) is 2.43. The number of hydrogen-bond acceptors (Lipinski definition) is 4. The van der Waals surface area contributed by atoms with Gasteiger partial charge in [-0.2, -0.15) is 0 Å². The van der Waals surface area contributed by atoms with Crippen molar-refractivity contribution in [2.24, 2.45) is 0 Å². The van der Waals surface area contributed by atoms with Crippen LogP contribution >= 0.6 is 11.3 Å². The first-order valence-corrected chi connectivity index (χ1v) is 6.84. The van der Waals surface area contributed by atoms with Crippen molar-refractivity contribution in [3.63, 3.8) is 0 Å². The van der Waals surface area contributed by atoms with Crippen LogP contribution in [-0.2, 0) is 4.79 Å². The average molecular weight is 276 g/mol. The zero-order chi connectivity index (χ0) is 13.8. The summed E-state index contributed by atoms with van der Waals surface area (Å²) in [7, 11) is 0. The highest BCUT2D eigenvalue weighted by atomic mass is 32.1. The van der Waals surface area contributed by atoms with Gasteiger partial charge in [-0.15, -0.1) is 11.3 Å². The highest BCUT2D eigenvalue weighted by Gasteiger charge is 2.06. The van der Waals surface area contributed by atoms with Gasteiger partial charge in [-0.25, -0.2) is 4.98 Å². The fourth-order valence-electron chi connectivity index (χ4n) is 1.73. The summed E-state index contributed by atoms with van der Waals surface area (Å²) in [4.78, 5) is 15.9. The van der Waals surface area contributed by atoms with Gasteiger partial charge >= 0.3 is 0 Å². The molecule has 1 heterocycles. The summed E-state index contributed by atoms with van der Waals surface area (Å²) in [5, 5.41) is 5.20. The van der Waals surface area contributed by atoms with Crippen LogP contribution in [0.4, 0.5) is 5.13 Å². The van der Waals surface area contributed by atoms with Crippen LogP contribution in [0.3, 0.4) is 0 Å². The largest absolute Gasteiger partial charge is 0.484 e. The summed E-state index contributed by atoms with van der Waals surface area (Å²) in [6.07, 6.45) is 0. The average Bonchev–Trinajstić information content (AvgIpc) is 2.71. The highest BCUT2D eigenvalue weighted by molar-refractivity contribution is 7.13. The van der Waals surface area contributed by atoms with Crippen molar-refractivity contribution in [3.8, 4) is 5.75 Å². The first-order valence-electron chi connectivity index (χ1n) is 5.96. The molecule has 0 aliphatic heterocycles. The third-order valence-corrected chi connectivity index (χ3v) is 3.31. The van der Waals surface area contributed by atoms with Crippen LogP contribution in [0.25, 0.3) is 0 Å². The summed E-state index contributed by atoms with van der Waals surface area (Å²) < 4.78 is 5.47. The van der Waals surface area contributed by atoms with Crippen molar-refractivity contribution >= 4 is 22.4 Å². The molecule has 0 spiro atoms. The Kier molecular flexibility index (Phi) is 4.16. The molecule has 1 aromatic carbocycles. The molecule has 0 bridgehead atoms. The fourth-order valence-corrected chi connectivity index (χ4v) is 2.44. The Morgan fingerprint density at radius 3 is 2.53 bits per heavy atom. The van der Waals surface area contributed by atoms with E-state index in [1.54, 1.807) is 0 Å². The van der Waals surface area contributed by atoms with Gasteiger partial charge in [0.05, 0.1) is 5.69 Å². The summed E-state index contributed by atoms with van der Waals surface area (Å²) in [5.74, 6) is 0.511. The van der Waals surface area contributed by atoms with Gasteiger partial charge in [0, 0.05) is 5.38 Å². The number of thiazole rings is 1. The lowest BCUT2D eigenvalue weighted by molar-refractivity contribution is -0.118. The second-order valence-electron chi connectivity index (χ2n) is 4.45. The molecule has 1 N–H and O–H groups in total. The van der Waals surface area contributed by atoms with Crippen molar-refractivity contribution in [1.29, 1.82) is 0 Å². The number of ether oxygens (including phenoxy) is 1. The molecule has 100 valence electrons. The summed E-state index contributed by atoms with van der Waals surface area (Å²) in [5.41, 5.74) is 3.13. The molecular formula is C14H16N2O2S. The molecule has 0 saturated heterocycles. The minimum absolute atomic E-state index is 0.0124. The summed E-state index contributed by atoms with van der Waals surface area (Å²) in [6.45, 7) is 5.87. The van der Waals surface area contributed by atoms with E-state index in [1.807, 2.05) is 38.3 Å². The number of rotatable bonds is 4. The molecule has 19 heavy (non-hydrogen) atoms. The summed E-state index contributed by atoms with van der Waals surface area (Å²) >= 11 is 1.41. The van der Waals surface area contributed by atoms with Crippen LogP contribution in [0.1, 0.15) is 16.8 Å². The van der Waals surface area contributed by atoms with E-state index >= 15 is 0 Å². The molecule has 0 aliphatic rings. The van der Waals surface area contributed by atoms with Crippen molar-refractivity contribution < 1.29 is 9.53 Å². The number of benzene rings is 1. The van der Waals surface area contributed by atoms with Gasteiger partial charge in [0.1, 0.15) is 5.75 Å². The van der Waals surface area contributed by atoms with Gasteiger partial charge in [-0.05, 0) is 44.0 Å². The number of nitrogens with zero attached hydrogens (tertiary/aromatic N) is 1. The third kappa shape index (κ3) is 4.06. The Morgan fingerprint density at radius 1 is 1.26 bits per heavy atom. The van der Waals surface area contributed by atoms with E-state index in [-0.39, 0.29) is 12.5 Å². The van der Waals surface area contributed by atoms with Gasteiger partial charge in [0.2, 0.25) is 0 Å². The molecule has 0 fully saturated rings. The Hall–Kier alpha value is -1.88. The maximum Gasteiger partial charge on any atom is 0.264 e. The number of aryl methyl sites for hydroxylation is 3. The molecule has 4 nitrogen and oxygen atoms in total. The topological polar surface area (TPSA) is 51.2 Å². The Balaban J connectivity index is 1.89. The van der Waals surface area contributed by atoms with E-state index in [1.165, 1.54) is 11.3 Å². The van der Waals surface area contributed by atoms with E-state index < -0.39 is 0 Å². The van der Waals surface area contributed by atoms with Crippen LogP contribution in [0.15, 0.2) is 23.6 Å². The van der Waals surface area contributed by atoms with E-state index in [2.05, 4.69) is 16.4 Å². The molecule has 2 rings (SSSR count). The fraction of sp³-hybridized carbons (Fsp3) is 0.286. The van der Waals surface area contributed by atoms with Gasteiger partial charge < -0.3 is 4.74 Å². The molecule has 1 amide bonds. The van der Waals surface area contributed by atoms with E-state index in [0.717, 1.165) is 16.8 Å². The van der Waals surface area contributed by atoms with Crippen molar-refractivity contribution in [1.82, 2.24) is 4.98 Å². The SMILES string of the molecule is Cc1cc(C)cc(OCC(=O)Nc2nc(C)cs2)c1. The van der Waals surface area contributed by atoms with Crippen molar-refractivity contribution in [2.75, 3.05) is 11.9 Å². The number of nitrogens with one attached hydrogen (secondary N) is 1. The van der Waals surface area contributed by atoms with Crippen molar-refractivity contribution in [3.05, 3.63) is 40.4 Å². The Morgan fingerprint density at radius 2 is 1.95 bits per heavy atom. The number of hydrogen-bond donors (Lipinski definition) is 1. The lowest BCUT2D eigenvalue weighted by atomic mass is 10.1. The Labute approximate surface area is 116 Å². The maximum atomic E-state index is 11.7. The van der Waals surface area contributed by atoms with Gasteiger partial charge in [0.25, 0.3) is 5.91 Å². The predicted octanol–water partition coefficient (Wildman–Crippen LogP) is 3.09. The smallest absolute Gasteiger partial charge is 0.264 e. The molecule has 0 atom stereocenters. The van der Waals surface area contributed by atoms with Crippen LogP contribution < -0.4 is 10.1 Å². The van der Waals surface area contributed by atoms with E-state index in [0.29, 0.717) is 10.9 Å². The van der Waals surface area contributed by atoms with E-state index in [4.69, 9.17) is 4.74 Å². The first-order chi connectivity index (χ1) is 9.02. The minimum atomic E-state index is -0.200. The highest BCUT2D eigenvalue weighted by Crippen LogP contribution is 2.17. The number of anilines is 1. The molecule has 2 aromatic rings. The van der Waals surface area contributed by atoms with Crippen LogP contribution in [0.2, 0.25) is 0 Å². The predicted molar refractivity (Wildman–Crippen MR) is 76.9 cm³/mol. The monoisotopic (exact) mass is 276 g/mol. The molecule has 5 heteroatoms. The van der Waals surface area contributed by atoms with Crippen LogP contribution in [0, 0.1) is 20.8 Å². The standard InChI is InChI=1S/C14H16N2O2S/c1-9-4-10(2)6-12(5-9)18-7-13(17)16-14-15-11(3)8-19-14/h4-6,8H,7H2,1-3H3,(H,15,16,17). The minimum Gasteiger partial charge on any atom is -0.484 e. The number of aromatic nitrogens is 1. The van der Waals surface area contributed by atoms with Gasteiger partial charge in [0.15, 0.2) is 11.7 Å². The number of carbonyl (C=O) groups is 1. The maximum absolute atomic E-state index is 11.7. The quantitative estimate of drug-likeness (QED) is 0.933. The van der Waals surface area contributed by atoms with Crippen molar-refractivity contribution in [2.45, 2.75) is 20.8 Å². The molecular weight excluding hydrogens is 260 g/mol. The molecule has 1 aromatic heterocycles. The molecule has 0 saturated carbocycles. The number of amides is 1. The lowest BCUT2D eigenvalue weighted by Crippen LogP contribution is -2.20. The lowest BCUT2D eigenvalue weighted by Gasteiger charge is -2.07. The molecule has 0 unspecified atom stereocenters. The molecule has 0 radical (unpaired) electrons. The number of carbonyl (C=O) groups excluding carboxylic acids is 1. The Bertz CT molecular complexity index is 573. The second kappa shape index (κ2) is 5.84. The van der Waals surface area contributed by atoms with Crippen LogP contribution in [0.5, 0.6) is 5.75 Å². The van der Waals surface area contributed by atoms with Gasteiger partial charge in [-0.1, -0.05) is 6.07 Å². The van der Waals surface area contributed by atoms with Gasteiger partial charge in [-0.3, -0.25) is 10.1 Å². The zero-order valence-electron chi connectivity index (χ0n) is 11.2. The first kappa shape index (κ1) is 13.5.